The second kappa shape index (κ2) is 5.46. The highest BCUT2D eigenvalue weighted by Crippen LogP contribution is 2.10. The number of nitrogens with one attached hydrogen (secondary N) is 1. The van der Waals surface area contributed by atoms with Crippen LogP contribution in [0, 0.1) is 0 Å². The minimum absolute atomic E-state index is 0.215. The highest BCUT2D eigenvalue weighted by Gasteiger charge is 2.18. The number of likely N-dealkylation sites (N-methyl/N-ethyl adjacent to an activating group) is 1. The third-order valence-corrected chi connectivity index (χ3v) is 3.75. The van der Waals surface area contributed by atoms with Crippen molar-refractivity contribution in [3.63, 3.8) is 0 Å². The molecule has 1 aliphatic heterocycles. The highest BCUT2D eigenvalue weighted by molar-refractivity contribution is 7.07. The molecule has 0 saturated carbocycles. The van der Waals surface area contributed by atoms with Crippen LogP contribution in [0.25, 0.3) is 0 Å². The van der Waals surface area contributed by atoms with Crippen LogP contribution >= 0.6 is 11.3 Å². The van der Waals surface area contributed by atoms with E-state index in [9.17, 15) is 4.79 Å². The molecule has 1 aromatic rings. The zero-order valence-corrected chi connectivity index (χ0v) is 10.4. The summed E-state index contributed by atoms with van der Waals surface area (Å²) in [6.45, 7) is 1.93. The number of carbonyl (C=O) groups excluding carboxylic acids is 1. The smallest absolute Gasteiger partial charge is 0.226 e. The lowest BCUT2D eigenvalue weighted by atomic mass is 10.2. The first-order valence-corrected chi connectivity index (χ1v) is 6.68. The van der Waals surface area contributed by atoms with Gasteiger partial charge < -0.3 is 10.2 Å². The van der Waals surface area contributed by atoms with Gasteiger partial charge in [-0.1, -0.05) is 0 Å². The molecular formula is C12H18N2OS. The van der Waals surface area contributed by atoms with Gasteiger partial charge in [-0.2, -0.15) is 11.3 Å². The first-order chi connectivity index (χ1) is 7.75. The number of hydrogen-bond donors (Lipinski definition) is 1. The summed E-state index contributed by atoms with van der Waals surface area (Å²) in [6.07, 6.45) is 2.96. The van der Waals surface area contributed by atoms with E-state index in [0.29, 0.717) is 12.5 Å². The van der Waals surface area contributed by atoms with Gasteiger partial charge in [0.25, 0.3) is 0 Å². The van der Waals surface area contributed by atoms with E-state index >= 15 is 0 Å². The first kappa shape index (κ1) is 11.6. The molecule has 0 aliphatic carbocycles. The lowest BCUT2D eigenvalue weighted by Gasteiger charge is -2.21. The van der Waals surface area contributed by atoms with E-state index in [0.717, 1.165) is 18.7 Å². The van der Waals surface area contributed by atoms with Crippen LogP contribution < -0.4 is 5.32 Å². The molecule has 3 nitrogen and oxygen atoms in total. The summed E-state index contributed by atoms with van der Waals surface area (Å²) in [5.74, 6) is 0.215. The Hall–Kier alpha value is -0.870. The van der Waals surface area contributed by atoms with Crippen LogP contribution in [-0.4, -0.2) is 37.0 Å². The van der Waals surface area contributed by atoms with Crippen LogP contribution in [0.15, 0.2) is 16.8 Å². The minimum Gasteiger partial charge on any atom is -0.344 e. The molecule has 16 heavy (non-hydrogen) atoms. The maximum Gasteiger partial charge on any atom is 0.226 e. The maximum atomic E-state index is 11.9. The van der Waals surface area contributed by atoms with Gasteiger partial charge in [-0.05, 0) is 41.8 Å². The Balaban J connectivity index is 1.79. The Labute approximate surface area is 100 Å². The van der Waals surface area contributed by atoms with Gasteiger partial charge in [0, 0.05) is 19.6 Å². The Morgan fingerprint density at radius 3 is 3.19 bits per heavy atom. The Bertz CT molecular complexity index is 331. The number of hydrogen-bond acceptors (Lipinski definition) is 3. The molecule has 1 unspecified atom stereocenters. The van der Waals surface area contributed by atoms with E-state index in [1.807, 2.05) is 28.8 Å². The Morgan fingerprint density at radius 2 is 2.56 bits per heavy atom. The van der Waals surface area contributed by atoms with Crippen molar-refractivity contribution in [2.75, 3.05) is 20.1 Å². The monoisotopic (exact) mass is 238 g/mol. The second-order valence-corrected chi connectivity index (χ2v) is 5.16. The number of thiophene rings is 1. The predicted molar refractivity (Wildman–Crippen MR) is 66.7 cm³/mol. The van der Waals surface area contributed by atoms with Gasteiger partial charge in [0.05, 0.1) is 6.42 Å². The molecule has 1 aromatic heterocycles. The molecule has 1 atom stereocenters. The minimum atomic E-state index is 0.215. The molecule has 1 fully saturated rings. The Morgan fingerprint density at radius 1 is 1.69 bits per heavy atom. The fraction of sp³-hybridized carbons (Fsp3) is 0.583. The highest BCUT2D eigenvalue weighted by atomic mass is 32.1. The summed E-state index contributed by atoms with van der Waals surface area (Å²) in [7, 11) is 1.90. The average Bonchev–Trinajstić information content (AvgIpc) is 2.90. The zero-order valence-electron chi connectivity index (χ0n) is 9.61. The number of carbonyl (C=O) groups is 1. The molecule has 0 bridgehead atoms. The van der Waals surface area contributed by atoms with Gasteiger partial charge in [0.15, 0.2) is 0 Å². The SMILES string of the molecule is CN(CC1CCCN1)C(=O)Cc1ccsc1. The van der Waals surface area contributed by atoms with Crippen molar-refractivity contribution in [1.29, 1.82) is 0 Å². The van der Waals surface area contributed by atoms with Gasteiger partial charge in [-0.15, -0.1) is 0 Å². The fourth-order valence-corrected chi connectivity index (χ4v) is 2.72. The largest absolute Gasteiger partial charge is 0.344 e. The standard InChI is InChI=1S/C12H18N2OS/c1-14(8-11-3-2-5-13-11)12(15)7-10-4-6-16-9-10/h4,6,9,11,13H,2-3,5,7-8H2,1H3. The molecule has 0 radical (unpaired) electrons. The van der Waals surface area contributed by atoms with Crippen molar-refractivity contribution in [1.82, 2.24) is 10.2 Å². The summed E-state index contributed by atoms with van der Waals surface area (Å²) in [5, 5.41) is 7.47. The lowest BCUT2D eigenvalue weighted by Crippen LogP contribution is -2.39. The van der Waals surface area contributed by atoms with E-state index in [1.165, 1.54) is 12.8 Å². The van der Waals surface area contributed by atoms with Crippen LogP contribution in [0.1, 0.15) is 18.4 Å². The van der Waals surface area contributed by atoms with Gasteiger partial charge in [-0.25, -0.2) is 0 Å². The summed E-state index contributed by atoms with van der Waals surface area (Å²) in [6, 6.07) is 2.51. The van der Waals surface area contributed by atoms with Gasteiger partial charge in [0.2, 0.25) is 5.91 Å². The zero-order chi connectivity index (χ0) is 11.4. The van der Waals surface area contributed by atoms with E-state index in [4.69, 9.17) is 0 Å². The van der Waals surface area contributed by atoms with E-state index < -0.39 is 0 Å². The molecule has 2 heterocycles. The molecule has 1 aliphatic rings. The third-order valence-electron chi connectivity index (χ3n) is 3.02. The topological polar surface area (TPSA) is 32.3 Å². The van der Waals surface area contributed by atoms with Gasteiger partial charge >= 0.3 is 0 Å². The van der Waals surface area contributed by atoms with E-state index in [2.05, 4.69) is 5.32 Å². The Kier molecular flexibility index (Phi) is 3.96. The van der Waals surface area contributed by atoms with E-state index in [-0.39, 0.29) is 5.91 Å². The van der Waals surface area contributed by atoms with Crippen molar-refractivity contribution in [2.45, 2.75) is 25.3 Å². The predicted octanol–water partition coefficient (Wildman–Crippen LogP) is 1.50. The summed E-state index contributed by atoms with van der Waals surface area (Å²) >= 11 is 1.64. The van der Waals surface area contributed by atoms with Crippen molar-refractivity contribution in [3.05, 3.63) is 22.4 Å². The second-order valence-electron chi connectivity index (χ2n) is 4.38. The molecular weight excluding hydrogens is 220 g/mol. The quantitative estimate of drug-likeness (QED) is 0.862. The molecule has 1 amide bonds. The van der Waals surface area contributed by atoms with Gasteiger partial charge in [0.1, 0.15) is 0 Å². The molecule has 0 aromatic carbocycles. The van der Waals surface area contributed by atoms with Gasteiger partial charge in [-0.3, -0.25) is 4.79 Å². The van der Waals surface area contributed by atoms with Crippen molar-refractivity contribution < 1.29 is 4.79 Å². The van der Waals surface area contributed by atoms with Crippen molar-refractivity contribution in [3.8, 4) is 0 Å². The molecule has 88 valence electrons. The molecule has 0 spiro atoms. The number of nitrogens with zero attached hydrogens (tertiary/aromatic N) is 1. The summed E-state index contributed by atoms with van der Waals surface area (Å²) in [4.78, 5) is 13.7. The number of amides is 1. The van der Waals surface area contributed by atoms with Crippen LogP contribution in [0.5, 0.6) is 0 Å². The van der Waals surface area contributed by atoms with Crippen molar-refractivity contribution in [2.24, 2.45) is 0 Å². The normalized spacial score (nSPS) is 19.9. The molecule has 2 rings (SSSR count). The average molecular weight is 238 g/mol. The fourth-order valence-electron chi connectivity index (χ4n) is 2.05. The molecule has 1 saturated heterocycles. The summed E-state index contributed by atoms with van der Waals surface area (Å²) in [5.41, 5.74) is 1.13. The maximum absolute atomic E-state index is 11.9. The molecule has 1 N–H and O–H groups in total. The van der Waals surface area contributed by atoms with Crippen LogP contribution in [0.3, 0.4) is 0 Å². The summed E-state index contributed by atoms with van der Waals surface area (Å²) < 4.78 is 0. The van der Waals surface area contributed by atoms with E-state index in [1.54, 1.807) is 11.3 Å². The third kappa shape index (κ3) is 3.06. The van der Waals surface area contributed by atoms with Crippen molar-refractivity contribution >= 4 is 17.2 Å². The lowest BCUT2D eigenvalue weighted by molar-refractivity contribution is -0.129. The number of rotatable bonds is 4. The molecule has 4 heteroatoms. The van der Waals surface area contributed by atoms with Crippen LogP contribution in [0.4, 0.5) is 0 Å². The van der Waals surface area contributed by atoms with Crippen LogP contribution in [0.2, 0.25) is 0 Å². The first-order valence-electron chi connectivity index (χ1n) is 5.74. The van der Waals surface area contributed by atoms with Crippen LogP contribution in [-0.2, 0) is 11.2 Å².